The predicted molar refractivity (Wildman–Crippen MR) is 112 cm³/mol. The summed E-state index contributed by atoms with van der Waals surface area (Å²) >= 11 is 0. The molecule has 0 atom stereocenters. The first-order valence-electron chi connectivity index (χ1n) is 8.97. The molecule has 0 spiro atoms. The highest BCUT2D eigenvalue weighted by Gasteiger charge is 2.21. The number of anilines is 1. The molecule has 3 rings (SSSR count). The highest BCUT2D eigenvalue weighted by atomic mass is 16.6. The molecule has 0 bridgehead atoms. The zero-order chi connectivity index (χ0) is 21.5. The Morgan fingerprint density at radius 3 is 2.70 bits per heavy atom. The zero-order valence-corrected chi connectivity index (χ0v) is 16.3. The van der Waals surface area contributed by atoms with Crippen molar-refractivity contribution < 1.29 is 14.4 Å². The van der Waals surface area contributed by atoms with Crippen molar-refractivity contribution in [1.29, 1.82) is 0 Å². The molecule has 30 heavy (non-hydrogen) atoms. The minimum atomic E-state index is -0.555. The Labute approximate surface area is 171 Å². The Bertz CT molecular complexity index is 1130. The Hall–Kier alpha value is -4.21. The fourth-order valence-corrected chi connectivity index (χ4v) is 2.69. The average Bonchev–Trinajstić information content (AvgIpc) is 2.74. The van der Waals surface area contributed by atoms with E-state index >= 15 is 0 Å². The van der Waals surface area contributed by atoms with Gasteiger partial charge >= 0.3 is 5.69 Å². The first-order chi connectivity index (χ1) is 14.5. The summed E-state index contributed by atoms with van der Waals surface area (Å²) in [6.07, 6.45) is 1.35. The van der Waals surface area contributed by atoms with Crippen molar-refractivity contribution >= 4 is 17.9 Å². The summed E-state index contributed by atoms with van der Waals surface area (Å²) in [5, 5.41) is 15.4. The van der Waals surface area contributed by atoms with Gasteiger partial charge in [0.15, 0.2) is 5.75 Å². The van der Waals surface area contributed by atoms with Gasteiger partial charge in [-0.15, -0.1) is 0 Å². The van der Waals surface area contributed by atoms with Crippen LogP contribution in [0, 0.1) is 10.1 Å². The van der Waals surface area contributed by atoms with Gasteiger partial charge in [0.25, 0.3) is 5.56 Å². The zero-order valence-electron chi connectivity index (χ0n) is 16.3. The first-order valence-corrected chi connectivity index (χ1v) is 8.97. The van der Waals surface area contributed by atoms with Crippen LogP contribution in [0.1, 0.15) is 12.5 Å². The van der Waals surface area contributed by atoms with Crippen LogP contribution in [-0.2, 0) is 0 Å². The molecule has 154 valence electrons. The third kappa shape index (κ3) is 4.79. The number of hydrogen-bond acceptors (Lipinski definition) is 8. The van der Waals surface area contributed by atoms with Crippen LogP contribution >= 0.6 is 0 Å². The van der Waals surface area contributed by atoms with Crippen molar-refractivity contribution in [3.8, 4) is 22.8 Å². The van der Waals surface area contributed by atoms with E-state index in [1.807, 2.05) is 30.3 Å². The lowest BCUT2D eigenvalue weighted by Gasteiger charge is -2.10. The number of nitrogens with one attached hydrogen (secondary N) is 2. The Morgan fingerprint density at radius 2 is 2.03 bits per heavy atom. The second kappa shape index (κ2) is 9.32. The number of H-pyrrole nitrogens is 1. The van der Waals surface area contributed by atoms with Gasteiger partial charge in [-0.2, -0.15) is 5.10 Å². The quantitative estimate of drug-likeness (QED) is 0.332. The highest BCUT2D eigenvalue weighted by Crippen LogP contribution is 2.37. The maximum absolute atomic E-state index is 11.9. The maximum atomic E-state index is 11.9. The SMILES string of the molecule is CCOc1c(OC)cc(/C=N\Nc2nc(-c3ccccc3)cc(=O)[nH]2)cc1[N+](=O)[O-]. The highest BCUT2D eigenvalue weighted by molar-refractivity contribution is 5.83. The largest absolute Gasteiger partial charge is 0.493 e. The van der Waals surface area contributed by atoms with Crippen molar-refractivity contribution in [2.45, 2.75) is 6.92 Å². The van der Waals surface area contributed by atoms with E-state index in [-0.39, 0.29) is 35.3 Å². The van der Waals surface area contributed by atoms with Crippen LogP contribution in [0.25, 0.3) is 11.3 Å². The van der Waals surface area contributed by atoms with E-state index in [1.54, 1.807) is 13.0 Å². The van der Waals surface area contributed by atoms with Gasteiger partial charge in [0.2, 0.25) is 11.7 Å². The maximum Gasteiger partial charge on any atom is 0.315 e. The number of methoxy groups -OCH3 is 1. The topological polar surface area (TPSA) is 132 Å². The third-order valence-electron chi connectivity index (χ3n) is 3.96. The fourth-order valence-electron chi connectivity index (χ4n) is 2.69. The van der Waals surface area contributed by atoms with Gasteiger partial charge in [-0.3, -0.25) is 19.9 Å². The summed E-state index contributed by atoms with van der Waals surface area (Å²) in [6, 6.07) is 13.5. The third-order valence-corrected chi connectivity index (χ3v) is 3.96. The van der Waals surface area contributed by atoms with E-state index < -0.39 is 4.92 Å². The molecule has 10 nitrogen and oxygen atoms in total. The predicted octanol–water partition coefficient (Wildman–Crippen LogP) is 3.20. The molecule has 0 radical (unpaired) electrons. The second-order valence-electron chi connectivity index (χ2n) is 5.98. The summed E-state index contributed by atoms with van der Waals surface area (Å²) < 4.78 is 10.5. The number of ether oxygens (including phenoxy) is 2. The van der Waals surface area contributed by atoms with Gasteiger partial charge < -0.3 is 9.47 Å². The molecule has 0 fully saturated rings. The number of hydrazone groups is 1. The monoisotopic (exact) mass is 409 g/mol. The van der Waals surface area contributed by atoms with E-state index in [4.69, 9.17) is 9.47 Å². The molecule has 0 amide bonds. The molecule has 2 N–H and O–H groups in total. The second-order valence-corrected chi connectivity index (χ2v) is 5.98. The number of nitrogens with zero attached hydrogens (tertiary/aromatic N) is 3. The molecule has 2 aromatic carbocycles. The molecular formula is C20H19N5O5. The van der Waals surface area contributed by atoms with Crippen LogP contribution in [0.15, 0.2) is 58.4 Å². The fraction of sp³-hybridized carbons (Fsp3) is 0.150. The molecule has 1 heterocycles. The van der Waals surface area contributed by atoms with Crippen molar-refractivity contribution in [2.24, 2.45) is 5.10 Å². The number of rotatable bonds is 8. The Balaban J connectivity index is 1.87. The van der Waals surface area contributed by atoms with Gasteiger partial charge in [0, 0.05) is 23.3 Å². The summed E-state index contributed by atoms with van der Waals surface area (Å²) in [5.41, 5.74) is 3.70. The molecule has 0 saturated heterocycles. The van der Waals surface area contributed by atoms with Crippen LogP contribution < -0.4 is 20.5 Å². The number of nitro groups is 1. The molecule has 10 heteroatoms. The molecule has 1 aromatic heterocycles. The summed E-state index contributed by atoms with van der Waals surface area (Å²) in [4.78, 5) is 29.6. The average molecular weight is 409 g/mol. The van der Waals surface area contributed by atoms with Crippen molar-refractivity contribution in [2.75, 3.05) is 19.1 Å². The van der Waals surface area contributed by atoms with Crippen molar-refractivity contribution in [3.63, 3.8) is 0 Å². The van der Waals surface area contributed by atoms with E-state index in [1.165, 1.54) is 25.5 Å². The molecule has 0 unspecified atom stereocenters. The van der Waals surface area contributed by atoms with Gasteiger partial charge in [0.1, 0.15) is 0 Å². The van der Waals surface area contributed by atoms with Crippen molar-refractivity contribution in [1.82, 2.24) is 9.97 Å². The smallest absolute Gasteiger partial charge is 0.315 e. The van der Waals surface area contributed by atoms with Crippen LogP contribution in [0.4, 0.5) is 11.6 Å². The molecule has 0 aliphatic rings. The van der Waals surface area contributed by atoms with E-state index in [2.05, 4.69) is 20.5 Å². The van der Waals surface area contributed by atoms with Gasteiger partial charge in [-0.25, -0.2) is 10.4 Å². The van der Waals surface area contributed by atoms with E-state index in [9.17, 15) is 14.9 Å². The lowest BCUT2D eigenvalue weighted by molar-refractivity contribution is -0.385. The van der Waals surface area contributed by atoms with Gasteiger partial charge in [-0.1, -0.05) is 30.3 Å². The van der Waals surface area contributed by atoms with E-state index in [0.717, 1.165) is 5.56 Å². The number of nitro benzene ring substituents is 1. The summed E-state index contributed by atoms with van der Waals surface area (Å²) in [7, 11) is 1.39. The van der Waals surface area contributed by atoms with Crippen LogP contribution in [0.3, 0.4) is 0 Å². The van der Waals surface area contributed by atoms with E-state index in [0.29, 0.717) is 11.3 Å². The Morgan fingerprint density at radius 1 is 1.27 bits per heavy atom. The van der Waals surface area contributed by atoms with Crippen LogP contribution in [0.5, 0.6) is 11.5 Å². The van der Waals surface area contributed by atoms with Crippen LogP contribution in [-0.4, -0.2) is 34.8 Å². The lowest BCUT2D eigenvalue weighted by Crippen LogP contribution is -2.10. The van der Waals surface area contributed by atoms with Gasteiger partial charge in [-0.05, 0) is 13.0 Å². The summed E-state index contributed by atoms with van der Waals surface area (Å²) in [5.74, 6) is 0.395. The molecule has 0 aliphatic carbocycles. The van der Waals surface area contributed by atoms with Gasteiger partial charge in [0.05, 0.1) is 30.5 Å². The van der Waals surface area contributed by atoms with Crippen molar-refractivity contribution in [3.05, 3.63) is 74.6 Å². The molecule has 0 saturated carbocycles. The normalized spacial score (nSPS) is 10.7. The molecular weight excluding hydrogens is 390 g/mol. The number of aromatic amines is 1. The van der Waals surface area contributed by atoms with Crippen LogP contribution in [0.2, 0.25) is 0 Å². The molecule has 3 aromatic rings. The number of benzene rings is 2. The summed E-state index contributed by atoms with van der Waals surface area (Å²) in [6.45, 7) is 1.97. The number of aromatic nitrogens is 2. The number of hydrogen-bond donors (Lipinski definition) is 2. The minimum absolute atomic E-state index is 0.0525. The lowest BCUT2D eigenvalue weighted by atomic mass is 10.1. The first kappa shape index (κ1) is 20.5. The molecule has 0 aliphatic heterocycles. The minimum Gasteiger partial charge on any atom is -0.493 e. The Kier molecular flexibility index (Phi) is 6.38. The standard InChI is InChI=1S/C20H19N5O5/c1-3-30-19-16(25(27)28)9-13(10-17(19)29-2)12-21-24-20-22-15(11-18(26)23-20)14-7-5-4-6-8-14/h4-12H,3H2,1-2H3,(H2,22,23,24,26)/b21-12-.